The highest BCUT2D eigenvalue weighted by Gasteiger charge is 2.27. The van der Waals surface area contributed by atoms with Gasteiger partial charge in [-0.2, -0.15) is 0 Å². The van der Waals surface area contributed by atoms with Gasteiger partial charge in [-0.15, -0.1) is 0 Å². The molecule has 2 amide bonds. The number of hydrogen-bond donors (Lipinski definition) is 3. The molecule has 0 saturated carbocycles. The van der Waals surface area contributed by atoms with Gasteiger partial charge in [0.1, 0.15) is 0 Å². The zero-order chi connectivity index (χ0) is 14.6. The molecule has 0 aliphatic rings. The van der Waals surface area contributed by atoms with Gasteiger partial charge in [-0.1, -0.05) is 23.2 Å². The minimum atomic E-state index is -1.04. The van der Waals surface area contributed by atoms with Crippen molar-refractivity contribution in [1.82, 2.24) is 5.32 Å². The molecule has 0 aliphatic heterocycles. The zero-order valence-corrected chi connectivity index (χ0v) is 12.0. The summed E-state index contributed by atoms with van der Waals surface area (Å²) in [6.07, 6.45) is 0. The highest BCUT2D eigenvalue weighted by molar-refractivity contribution is 6.36. The summed E-state index contributed by atoms with van der Waals surface area (Å²) in [7, 11) is 0. The Hall–Kier alpha value is -1.46. The molecule has 0 radical (unpaired) electrons. The van der Waals surface area contributed by atoms with E-state index in [2.05, 4.69) is 10.6 Å². The monoisotopic (exact) mass is 304 g/mol. The molecule has 0 aromatic heterocycles. The molecule has 1 rings (SSSR count). The number of amides is 2. The number of carbonyl (C=O) groups is 2. The van der Waals surface area contributed by atoms with Gasteiger partial charge in [-0.05, 0) is 32.0 Å². The zero-order valence-electron chi connectivity index (χ0n) is 10.5. The Kier molecular flexibility index (Phi) is 5.03. The van der Waals surface area contributed by atoms with Crippen LogP contribution in [0, 0.1) is 5.41 Å². The molecule has 7 heteroatoms. The number of urea groups is 1. The van der Waals surface area contributed by atoms with Gasteiger partial charge in [0.05, 0.1) is 16.1 Å². The predicted molar refractivity (Wildman–Crippen MR) is 74.9 cm³/mol. The van der Waals surface area contributed by atoms with Crippen molar-refractivity contribution in [2.45, 2.75) is 13.8 Å². The smallest absolute Gasteiger partial charge is 0.319 e. The summed E-state index contributed by atoms with van der Waals surface area (Å²) in [6, 6.07) is 4.12. The van der Waals surface area contributed by atoms with Crippen molar-refractivity contribution in [3.63, 3.8) is 0 Å². The fraction of sp³-hybridized carbons (Fsp3) is 0.333. The second-order valence-corrected chi connectivity index (χ2v) is 5.46. The number of rotatable bonds is 4. The van der Waals surface area contributed by atoms with Crippen LogP contribution >= 0.6 is 23.2 Å². The molecule has 0 spiro atoms. The van der Waals surface area contributed by atoms with Gasteiger partial charge >= 0.3 is 12.0 Å². The fourth-order valence-electron chi connectivity index (χ4n) is 1.13. The Morgan fingerprint density at radius 3 is 2.47 bits per heavy atom. The summed E-state index contributed by atoms with van der Waals surface area (Å²) < 4.78 is 0. The van der Waals surface area contributed by atoms with E-state index in [4.69, 9.17) is 28.3 Å². The van der Waals surface area contributed by atoms with Gasteiger partial charge in [-0.25, -0.2) is 4.79 Å². The molecule has 0 atom stereocenters. The molecule has 0 heterocycles. The first-order valence-electron chi connectivity index (χ1n) is 5.45. The summed E-state index contributed by atoms with van der Waals surface area (Å²) in [5, 5.41) is 14.7. The van der Waals surface area contributed by atoms with Gasteiger partial charge in [0, 0.05) is 11.6 Å². The summed E-state index contributed by atoms with van der Waals surface area (Å²) in [5.41, 5.74) is -0.641. The lowest BCUT2D eigenvalue weighted by Gasteiger charge is -2.19. The first kappa shape index (κ1) is 15.6. The second kappa shape index (κ2) is 6.12. The first-order chi connectivity index (χ1) is 8.72. The molecule has 0 unspecified atom stereocenters. The number of aliphatic carboxylic acids is 1. The third-order valence-electron chi connectivity index (χ3n) is 2.45. The van der Waals surface area contributed by atoms with Crippen molar-refractivity contribution in [1.29, 1.82) is 0 Å². The molecule has 0 aliphatic carbocycles. The van der Waals surface area contributed by atoms with Gasteiger partial charge < -0.3 is 15.7 Å². The van der Waals surface area contributed by atoms with Crippen molar-refractivity contribution in [3.8, 4) is 0 Å². The van der Waals surface area contributed by atoms with Gasteiger partial charge in [0.25, 0.3) is 0 Å². The predicted octanol–water partition coefficient (Wildman–Crippen LogP) is 3.23. The van der Waals surface area contributed by atoms with E-state index in [9.17, 15) is 9.59 Å². The van der Waals surface area contributed by atoms with Crippen molar-refractivity contribution in [2.24, 2.45) is 5.41 Å². The number of anilines is 1. The topological polar surface area (TPSA) is 78.4 Å². The highest BCUT2D eigenvalue weighted by Crippen LogP contribution is 2.25. The van der Waals surface area contributed by atoms with E-state index >= 15 is 0 Å². The Morgan fingerprint density at radius 2 is 1.95 bits per heavy atom. The summed E-state index contributed by atoms with van der Waals surface area (Å²) in [4.78, 5) is 22.5. The number of benzene rings is 1. The molecule has 1 aromatic carbocycles. The van der Waals surface area contributed by atoms with E-state index in [1.165, 1.54) is 19.9 Å². The molecule has 0 fully saturated rings. The number of nitrogens with one attached hydrogen (secondary N) is 2. The molecular weight excluding hydrogens is 291 g/mol. The maximum Gasteiger partial charge on any atom is 0.319 e. The molecule has 19 heavy (non-hydrogen) atoms. The number of carbonyl (C=O) groups excluding carboxylic acids is 1. The SMILES string of the molecule is CC(C)(CNC(=O)Nc1ccc(Cl)cc1Cl)C(=O)O. The summed E-state index contributed by atoms with van der Waals surface area (Å²) in [5.74, 6) is -0.989. The van der Waals surface area contributed by atoms with Crippen LogP contribution in [-0.2, 0) is 4.79 Å². The molecule has 5 nitrogen and oxygen atoms in total. The molecule has 104 valence electrons. The van der Waals surface area contributed by atoms with Crippen LogP contribution in [0.4, 0.5) is 10.5 Å². The highest BCUT2D eigenvalue weighted by atomic mass is 35.5. The fourth-order valence-corrected chi connectivity index (χ4v) is 1.59. The third-order valence-corrected chi connectivity index (χ3v) is 3.00. The number of carboxylic acids is 1. The minimum Gasteiger partial charge on any atom is -0.481 e. The van der Waals surface area contributed by atoms with Gasteiger partial charge in [-0.3, -0.25) is 4.79 Å². The normalized spacial score (nSPS) is 10.9. The van der Waals surface area contributed by atoms with Crippen molar-refractivity contribution in [3.05, 3.63) is 28.2 Å². The largest absolute Gasteiger partial charge is 0.481 e. The van der Waals surface area contributed by atoms with Crippen LogP contribution in [0.3, 0.4) is 0 Å². The standard InChI is InChI=1S/C12H14Cl2N2O3/c1-12(2,10(17)18)6-15-11(19)16-9-4-3-7(13)5-8(9)14/h3-5H,6H2,1-2H3,(H,17,18)(H2,15,16,19). The lowest BCUT2D eigenvalue weighted by molar-refractivity contribution is -0.146. The van der Waals surface area contributed by atoms with Crippen LogP contribution < -0.4 is 10.6 Å². The maximum absolute atomic E-state index is 11.6. The Balaban J connectivity index is 2.59. The van der Waals surface area contributed by atoms with Crippen molar-refractivity contribution >= 4 is 40.9 Å². The van der Waals surface area contributed by atoms with Crippen LogP contribution in [0.1, 0.15) is 13.8 Å². The molecule has 1 aromatic rings. The Labute approximate surface area is 120 Å². The molecule has 0 saturated heterocycles. The van der Waals surface area contributed by atoms with Crippen LogP contribution in [0.15, 0.2) is 18.2 Å². The van der Waals surface area contributed by atoms with Crippen LogP contribution in [0.5, 0.6) is 0 Å². The molecular formula is C12H14Cl2N2O3. The molecule has 0 bridgehead atoms. The Morgan fingerprint density at radius 1 is 1.32 bits per heavy atom. The summed E-state index contributed by atoms with van der Waals surface area (Å²) >= 11 is 11.6. The van der Waals surface area contributed by atoms with E-state index in [0.717, 1.165) is 0 Å². The van der Waals surface area contributed by atoms with Gasteiger partial charge in [0.2, 0.25) is 0 Å². The van der Waals surface area contributed by atoms with Gasteiger partial charge in [0.15, 0.2) is 0 Å². The number of halogens is 2. The number of hydrogen-bond acceptors (Lipinski definition) is 2. The van der Waals surface area contributed by atoms with Crippen molar-refractivity contribution in [2.75, 3.05) is 11.9 Å². The Bertz CT molecular complexity index is 504. The van der Waals surface area contributed by atoms with Crippen LogP contribution in [0.25, 0.3) is 0 Å². The second-order valence-electron chi connectivity index (χ2n) is 4.62. The van der Waals surface area contributed by atoms with E-state index in [-0.39, 0.29) is 6.54 Å². The minimum absolute atomic E-state index is 0.000620. The summed E-state index contributed by atoms with van der Waals surface area (Å²) in [6.45, 7) is 3.04. The van der Waals surface area contributed by atoms with E-state index in [0.29, 0.717) is 15.7 Å². The quantitative estimate of drug-likeness (QED) is 0.799. The maximum atomic E-state index is 11.6. The lowest BCUT2D eigenvalue weighted by Crippen LogP contribution is -2.40. The van der Waals surface area contributed by atoms with Crippen LogP contribution in [-0.4, -0.2) is 23.7 Å². The van der Waals surface area contributed by atoms with Crippen molar-refractivity contribution < 1.29 is 14.7 Å². The first-order valence-corrected chi connectivity index (χ1v) is 6.21. The van der Waals surface area contributed by atoms with E-state index in [1.807, 2.05) is 0 Å². The van der Waals surface area contributed by atoms with Crippen LogP contribution in [0.2, 0.25) is 10.0 Å². The lowest BCUT2D eigenvalue weighted by atomic mass is 9.94. The average Bonchev–Trinajstić information content (AvgIpc) is 2.30. The number of carboxylic acid groups (broad SMARTS) is 1. The molecule has 3 N–H and O–H groups in total. The third kappa shape index (κ3) is 4.61. The van der Waals surface area contributed by atoms with E-state index in [1.54, 1.807) is 12.1 Å². The van der Waals surface area contributed by atoms with E-state index < -0.39 is 17.4 Å². The average molecular weight is 305 g/mol.